The first-order valence-electron chi connectivity index (χ1n) is 5.42. The van der Waals surface area contributed by atoms with Crippen LogP contribution in [-0.4, -0.2) is 53.3 Å². The molecule has 1 rings (SSSR count). The first-order chi connectivity index (χ1) is 8.96. The summed E-state index contributed by atoms with van der Waals surface area (Å²) < 4.78 is 10.00. The molecule has 0 saturated heterocycles. The zero-order chi connectivity index (χ0) is 14.6. The molecular formula is C12H16O7. The van der Waals surface area contributed by atoms with Gasteiger partial charge in [-0.25, -0.2) is 4.79 Å². The highest BCUT2D eigenvalue weighted by Crippen LogP contribution is 2.37. The van der Waals surface area contributed by atoms with Gasteiger partial charge in [0.15, 0.2) is 0 Å². The third-order valence-electron chi connectivity index (χ3n) is 2.64. The molecule has 0 aliphatic heterocycles. The standard InChI is InChI=1S/C12H16O7/c1-18-8-3-6(12(16)17)4-9(19-2)10(8)11(15)7(14)5-13/h3-4,7,11,13-15H,5H2,1-2H3,(H,16,17). The molecule has 0 saturated carbocycles. The number of hydrogen-bond donors (Lipinski definition) is 4. The van der Waals surface area contributed by atoms with Crippen LogP contribution in [0.25, 0.3) is 0 Å². The van der Waals surface area contributed by atoms with Gasteiger partial charge in [0.25, 0.3) is 0 Å². The number of aliphatic hydroxyl groups is 3. The monoisotopic (exact) mass is 272 g/mol. The number of benzene rings is 1. The predicted molar refractivity (Wildman–Crippen MR) is 64.6 cm³/mol. The van der Waals surface area contributed by atoms with Crippen molar-refractivity contribution in [3.8, 4) is 11.5 Å². The van der Waals surface area contributed by atoms with Gasteiger partial charge in [0.05, 0.1) is 32.0 Å². The van der Waals surface area contributed by atoms with E-state index < -0.39 is 24.8 Å². The number of ether oxygens (including phenoxy) is 2. The molecule has 2 atom stereocenters. The molecule has 0 aliphatic rings. The van der Waals surface area contributed by atoms with Crippen molar-refractivity contribution < 1.29 is 34.7 Å². The maximum Gasteiger partial charge on any atom is 0.335 e. The Kier molecular flexibility index (Phi) is 5.11. The molecule has 1 aromatic rings. The molecule has 4 N–H and O–H groups in total. The van der Waals surface area contributed by atoms with E-state index in [0.29, 0.717) is 0 Å². The summed E-state index contributed by atoms with van der Waals surface area (Å²) in [6.45, 7) is -0.659. The van der Waals surface area contributed by atoms with E-state index in [1.807, 2.05) is 0 Å². The van der Waals surface area contributed by atoms with Crippen LogP contribution in [0.15, 0.2) is 12.1 Å². The highest BCUT2D eigenvalue weighted by Gasteiger charge is 2.26. The minimum Gasteiger partial charge on any atom is -0.496 e. The number of methoxy groups -OCH3 is 2. The van der Waals surface area contributed by atoms with Crippen LogP contribution in [0.3, 0.4) is 0 Å². The van der Waals surface area contributed by atoms with Crippen LogP contribution >= 0.6 is 0 Å². The van der Waals surface area contributed by atoms with Gasteiger partial charge in [-0.15, -0.1) is 0 Å². The predicted octanol–water partition coefficient (Wildman–Crippen LogP) is -0.211. The molecule has 7 heteroatoms. The Morgan fingerprint density at radius 1 is 1.21 bits per heavy atom. The molecule has 0 aromatic heterocycles. The maximum absolute atomic E-state index is 10.9. The SMILES string of the molecule is COc1cc(C(=O)O)cc(OC)c1C(O)C(O)CO. The van der Waals surface area contributed by atoms with Gasteiger partial charge in [-0.05, 0) is 12.1 Å². The Morgan fingerprint density at radius 3 is 2.00 bits per heavy atom. The summed E-state index contributed by atoms with van der Waals surface area (Å²) in [5, 5.41) is 37.2. The molecule has 2 unspecified atom stereocenters. The van der Waals surface area contributed by atoms with Crippen molar-refractivity contribution in [3.63, 3.8) is 0 Å². The molecule has 7 nitrogen and oxygen atoms in total. The van der Waals surface area contributed by atoms with Gasteiger partial charge in [-0.1, -0.05) is 0 Å². The smallest absolute Gasteiger partial charge is 0.335 e. The first-order valence-corrected chi connectivity index (χ1v) is 5.42. The highest BCUT2D eigenvalue weighted by atomic mass is 16.5. The van der Waals surface area contributed by atoms with Gasteiger partial charge in [-0.3, -0.25) is 0 Å². The molecule has 106 valence electrons. The number of aromatic carboxylic acids is 1. The minimum atomic E-state index is -1.46. The molecule has 0 fully saturated rings. The Morgan fingerprint density at radius 2 is 1.68 bits per heavy atom. The van der Waals surface area contributed by atoms with Gasteiger partial charge in [0.1, 0.15) is 23.7 Å². The average molecular weight is 272 g/mol. The molecule has 0 amide bonds. The van der Waals surface area contributed by atoms with Gasteiger partial charge in [0.2, 0.25) is 0 Å². The zero-order valence-electron chi connectivity index (χ0n) is 10.5. The number of aliphatic hydroxyl groups excluding tert-OH is 3. The summed E-state index contributed by atoms with van der Waals surface area (Å²) in [4.78, 5) is 10.9. The van der Waals surface area contributed by atoms with Crippen molar-refractivity contribution in [3.05, 3.63) is 23.3 Å². The van der Waals surface area contributed by atoms with Crippen molar-refractivity contribution in [1.29, 1.82) is 0 Å². The maximum atomic E-state index is 10.9. The van der Waals surface area contributed by atoms with E-state index in [0.717, 1.165) is 0 Å². The van der Waals surface area contributed by atoms with E-state index in [4.69, 9.17) is 19.7 Å². The Labute approximate surface area is 109 Å². The van der Waals surface area contributed by atoms with Crippen LogP contribution in [-0.2, 0) is 0 Å². The molecule has 0 bridgehead atoms. The fraction of sp³-hybridized carbons (Fsp3) is 0.417. The third kappa shape index (κ3) is 3.14. The highest BCUT2D eigenvalue weighted by molar-refractivity contribution is 5.89. The normalized spacial score (nSPS) is 13.7. The summed E-state index contributed by atoms with van der Waals surface area (Å²) in [7, 11) is 2.59. The lowest BCUT2D eigenvalue weighted by Crippen LogP contribution is -2.23. The lowest BCUT2D eigenvalue weighted by atomic mass is 10.00. The van der Waals surface area contributed by atoms with Crippen LogP contribution in [0.5, 0.6) is 11.5 Å². The fourth-order valence-electron chi connectivity index (χ4n) is 1.65. The average Bonchev–Trinajstić information content (AvgIpc) is 2.43. The molecular weight excluding hydrogens is 256 g/mol. The molecule has 0 aliphatic carbocycles. The number of carbonyl (C=O) groups is 1. The Hall–Kier alpha value is -1.83. The molecule has 19 heavy (non-hydrogen) atoms. The number of carboxylic acids is 1. The lowest BCUT2D eigenvalue weighted by molar-refractivity contribution is -0.0172. The lowest BCUT2D eigenvalue weighted by Gasteiger charge is -2.21. The van der Waals surface area contributed by atoms with Crippen molar-refractivity contribution in [1.82, 2.24) is 0 Å². The van der Waals surface area contributed by atoms with Crippen LogP contribution in [0.2, 0.25) is 0 Å². The van der Waals surface area contributed by atoms with Crippen LogP contribution in [0.1, 0.15) is 22.0 Å². The molecule has 0 radical (unpaired) electrons. The molecule has 0 heterocycles. The summed E-state index contributed by atoms with van der Waals surface area (Å²) in [5.74, 6) is -1.08. The van der Waals surface area contributed by atoms with Gasteiger partial charge < -0.3 is 29.9 Å². The minimum absolute atomic E-state index is 0.0525. The third-order valence-corrected chi connectivity index (χ3v) is 2.64. The van der Waals surface area contributed by atoms with E-state index in [1.54, 1.807) is 0 Å². The topological polar surface area (TPSA) is 116 Å². The van der Waals surface area contributed by atoms with E-state index in [1.165, 1.54) is 26.4 Å². The summed E-state index contributed by atoms with van der Waals surface area (Å²) >= 11 is 0. The van der Waals surface area contributed by atoms with Gasteiger partial charge in [-0.2, -0.15) is 0 Å². The number of hydrogen-bond acceptors (Lipinski definition) is 6. The van der Waals surface area contributed by atoms with Crippen molar-refractivity contribution in [2.24, 2.45) is 0 Å². The largest absolute Gasteiger partial charge is 0.496 e. The quantitative estimate of drug-likeness (QED) is 0.566. The van der Waals surface area contributed by atoms with E-state index >= 15 is 0 Å². The van der Waals surface area contributed by atoms with E-state index in [2.05, 4.69) is 0 Å². The second-order valence-electron chi connectivity index (χ2n) is 3.79. The van der Waals surface area contributed by atoms with Gasteiger partial charge >= 0.3 is 5.97 Å². The van der Waals surface area contributed by atoms with Crippen LogP contribution < -0.4 is 9.47 Å². The summed E-state index contributed by atoms with van der Waals surface area (Å²) in [6.07, 6.45) is -2.89. The fourth-order valence-corrected chi connectivity index (χ4v) is 1.65. The van der Waals surface area contributed by atoms with Crippen molar-refractivity contribution >= 4 is 5.97 Å². The zero-order valence-corrected chi connectivity index (χ0v) is 10.5. The second-order valence-corrected chi connectivity index (χ2v) is 3.79. The summed E-state index contributed by atoms with van der Waals surface area (Å²) in [5.41, 5.74) is -0.000289. The number of carboxylic acid groups (broad SMARTS) is 1. The van der Waals surface area contributed by atoms with Crippen molar-refractivity contribution in [2.75, 3.05) is 20.8 Å². The summed E-state index contributed by atoms with van der Waals surface area (Å²) in [6, 6.07) is 2.40. The Bertz CT molecular complexity index is 432. The Balaban J connectivity index is 3.40. The molecule has 1 aromatic carbocycles. The van der Waals surface area contributed by atoms with Crippen molar-refractivity contribution in [2.45, 2.75) is 12.2 Å². The number of rotatable bonds is 6. The second kappa shape index (κ2) is 6.37. The van der Waals surface area contributed by atoms with Crippen LogP contribution in [0.4, 0.5) is 0 Å². The first kappa shape index (κ1) is 15.2. The molecule has 0 spiro atoms. The van der Waals surface area contributed by atoms with E-state index in [-0.39, 0.29) is 22.6 Å². The van der Waals surface area contributed by atoms with E-state index in [9.17, 15) is 15.0 Å². The van der Waals surface area contributed by atoms with Gasteiger partial charge in [0, 0.05) is 0 Å². The van der Waals surface area contributed by atoms with Crippen LogP contribution in [0, 0.1) is 0 Å².